The Bertz CT molecular complexity index is 124. The molecule has 0 radical (unpaired) electrons. The van der Waals surface area contributed by atoms with Gasteiger partial charge in [-0.2, -0.15) is 0 Å². The third-order valence-electron chi connectivity index (χ3n) is 1.15. The number of likely N-dealkylation sites (N-methyl/N-ethyl adjacent to an activating group) is 1. The van der Waals surface area contributed by atoms with Crippen molar-refractivity contribution >= 4 is 12.4 Å². The molecule has 0 aromatic heterocycles. The maximum Gasteiger partial charge on any atom is 0.293 e. The predicted molar refractivity (Wildman–Crippen MR) is 35.3 cm³/mol. The molecule has 0 unspecified atom stereocenters. The molecule has 0 fully saturated rings. The molecular weight excluding hydrogens is 134 g/mol. The summed E-state index contributed by atoms with van der Waals surface area (Å²) in [5.74, 6) is -0.0329. The Hall–Kier alpha value is -1.06. The van der Waals surface area contributed by atoms with Gasteiger partial charge in [0.2, 0.25) is 5.91 Å². The molecule has 0 bridgehead atoms. The van der Waals surface area contributed by atoms with Crippen LogP contribution in [0.2, 0.25) is 0 Å². The summed E-state index contributed by atoms with van der Waals surface area (Å²) in [5, 5.41) is 0. The average Bonchev–Trinajstić information content (AvgIpc) is 1.88. The lowest BCUT2D eigenvalue weighted by molar-refractivity contribution is -0.133. The zero-order valence-electron chi connectivity index (χ0n) is 6.16. The molecule has 0 saturated heterocycles. The number of carbonyl (C=O) groups is 2. The maximum atomic E-state index is 10.5. The summed E-state index contributed by atoms with van der Waals surface area (Å²) < 4.78 is 4.38. The van der Waals surface area contributed by atoms with Crippen LogP contribution in [0, 0.1) is 0 Å². The summed E-state index contributed by atoms with van der Waals surface area (Å²) in [6, 6.07) is 0. The molecule has 0 aliphatic carbocycles. The van der Waals surface area contributed by atoms with E-state index < -0.39 is 0 Å². The highest BCUT2D eigenvalue weighted by Gasteiger charge is 1.99. The summed E-state index contributed by atoms with van der Waals surface area (Å²) in [6.07, 6.45) is 0. The smallest absolute Gasteiger partial charge is 0.293 e. The summed E-state index contributed by atoms with van der Waals surface area (Å²) in [7, 11) is 1.65. The van der Waals surface area contributed by atoms with Crippen LogP contribution in [0.25, 0.3) is 0 Å². The monoisotopic (exact) mass is 145 g/mol. The molecule has 4 nitrogen and oxygen atoms in total. The Balaban J connectivity index is 3.30. The maximum absolute atomic E-state index is 10.5. The van der Waals surface area contributed by atoms with Crippen LogP contribution in [-0.2, 0) is 14.3 Å². The fourth-order valence-electron chi connectivity index (χ4n) is 0.395. The molecule has 0 heterocycles. The number of nitrogens with zero attached hydrogens (tertiary/aromatic N) is 1. The SMILES string of the molecule is CC(=O)N(C)CCOC=O. The van der Waals surface area contributed by atoms with Gasteiger partial charge in [-0.25, -0.2) is 0 Å². The lowest BCUT2D eigenvalue weighted by atomic mass is 10.5. The summed E-state index contributed by atoms with van der Waals surface area (Å²) >= 11 is 0. The molecule has 0 aromatic carbocycles. The number of carbonyl (C=O) groups excluding carboxylic acids is 2. The zero-order chi connectivity index (χ0) is 7.98. The van der Waals surface area contributed by atoms with Crippen LogP contribution in [0.1, 0.15) is 6.92 Å². The quantitative estimate of drug-likeness (QED) is 0.401. The fourth-order valence-corrected chi connectivity index (χ4v) is 0.395. The van der Waals surface area contributed by atoms with Crippen LogP contribution in [0.15, 0.2) is 0 Å². The average molecular weight is 145 g/mol. The number of hydrogen-bond donors (Lipinski definition) is 0. The Morgan fingerprint density at radius 1 is 1.70 bits per heavy atom. The normalized spacial score (nSPS) is 8.60. The first-order valence-electron chi connectivity index (χ1n) is 2.95. The highest BCUT2D eigenvalue weighted by atomic mass is 16.5. The van der Waals surface area contributed by atoms with Crippen molar-refractivity contribution in [2.24, 2.45) is 0 Å². The highest BCUT2D eigenvalue weighted by molar-refractivity contribution is 5.72. The van der Waals surface area contributed by atoms with Gasteiger partial charge in [-0.05, 0) is 0 Å². The van der Waals surface area contributed by atoms with Crippen LogP contribution in [0.3, 0.4) is 0 Å². The minimum atomic E-state index is -0.0329. The summed E-state index contributed by atoms with van der Waals surface area (Å²) in [5.41, 5.74) is 0. The van der Waals surface area contributed by atoms with Crippen LogP contribution >= 0.6 is 0 Å². The third kappa shape index (κ3) is 3.88. The zero-order valence-corrected chi connectivity index (χ0v) is 6.16. The van der Waals surface area contributed by atoms with E-state index in [1.54, 1.807) is 7.05 Å². The van der Waals surface area contributed by atoms with Gasteiger partial charge in [0.1, 0.15) is 6.61 Å². The molecule has 0 aliphatic heterocycles. The van der Waals surface area contributed by atoms with E-state index in [0.717, 1.165) is 0 Å². The van der Waals surface area contributed by atoms with Crippen molar-refractivity contribution in [3.05, 3.63) is 0 Å². The van der Waals surface area contributed by atoms with E-state index in [-0.39, 0.29) is 12.5 Å². The first-order valence-corrected chi connectivity index (χ1v) is 2.95. The number of rotatable bonds is 4. The van der Waals surface area contributed by atoms with Crippen molar-refractivity contribution in [3.8, 4) is 0 Å². The van der Waals surface area contributed by atoms with E-state index in [1.807, 2.05) is 0 Å². The Kier molecular flexibility index (Phi) is 4.28. The van der Waals surface area contributed by atoms with Gasteiger partial charge in [0, 0.05) is 14.0 Å². The second kappa shape index (κ2) is 4.78. The van der Waals surface area contributed by atoms with Crippen molar-refractivity contribution < 1.29 is 14.3 Å². The topological polar surface area (TPSA) is 46.6 Å². The second-order valence-electron chi connectivity index (χ2n) is 1.91. The summed E-state index contributed by atoms with van der Waals surface area (Å²) in [6.45, 7) is 2.54. The van der Waals surface area contributed by atoms with Crippen LogP contribution < -0.4 is 0 Å². The van der Waals surface area contributed by atoms with Gasteiger partial charge < -0.3 is 9.64 Å². The minimum Gasteiger partial charge on any atom is -0.466 e. The van der Waals surface area contributed by atoms with Crippen molar-refractivity contribution in [3.63, 3.8) is 0 Å². The fraction of sp³-hybridized carbons (Fsp3) is 0.667. The second-order valence-corrected chi connectivity index (χ2v) is 1.91. The summed E-state index contributed by atoms with van der Waals surface area (Å²) in [4.78, 5) is 21.6. The van der Waals surface area contributed by atoms with Gasteiger partial charge in [-0.3, -0.25) is 9.59 Å². The highest BCUT2D eigenvalue weighted by Crippen LogP contribution is 1.81. The van der Waals surface area contributed by atoms with Crippen LogP contribution in [0.5, 0.6) is 0 Å². The van der Waals surface area contributed by atoms with Gasteiger partial charge in [-0.1, -0.05) is 0 Å². The van der Waals surface area contributed by atoms with E-state index >= 15 is 0 Å². The molecule has 0 spiro atoms. The van der Waals surface area contributed by atoms with E-state index in [2.05, 4.69) is 4.74 Å². The van der Waals surface area contributed by atoms with Gasteiger partial charge in [0.15, 0.2) is 0 Å². The van der Waals surface area contributed by atoms with Crippen molar-refractivity contribution in [1.82, 2.24) is 4.90 Å². The van der Waals surface area contributed by atoms with Crippen LogP contribution in [-0.4, -0.2) is 37.5 Å². The largest absolute Gasteiger partial charge is 0.466 e. The van der Waals surface area contributed by atoms with Gasteiger partial charge in [0.25, 0.3) is 6.47 Å². The molecule has 0 atom stereocenters. The molecule has 0 aromatic rings. The van der Waals surface area contributed by atoms with Crippen molar-refractivity contribution in [2.45, 2.75) is 6.92 Å². The Morgan fingerprint density at radius 2 is 2.30 bits per heavy atom. The molecule has 0 rings (SSSR count). The standard InChI is InChI=1S/C6H11NO3/c1-6(9)7(2)3-4-10-5-8/h5H,3-4H2,1-2H3. The predicted octanol–water partition coefficient (Wildman–Crippen LogP) is -0.362. The molecule has 10 heavy (non-hydrogen) atoms. The van der Waals surface area contributed by atoms with Crippen molar-refractivity contribution in [1.29, 1.82) is 0 Å². The lowest BCUT2D eigenvalue weighted by Crippen LogP contribution is -2.27. The molecule has 0 N–H and O–H groups in total. The minimum absolute atomic E-state index is 0.0329. The van der Waals surface area contributed by atoms with Crippen molar-refractivity contribution in [2.75, 3.05) is 20.2 Å². The van der Waals surface area contributed by atoms with E-state index in [9.17, 15) is 9.59 Å². The van der Waals surface area contributed by atoms with Gasteiger partial charge in [0.05, 0.1) is 6.54 Å². The molecule has 4 heteroatoms. The Morgan fingerprint density at radius 3 is 2.70 bits per heavy atom. The van der Waals surface area contributed by atoms with E-state index in [4.69, 9.17) is 0 Å². The number of amides is 1. The molecular formula is C6H11NO3. The molecule has 58 valence electrons. The third-order valence-corrected chi connectivity index (χ3v) is 1.15. The lowest BCUT2D eigenvalue weighted by Gasteiger charge is -2.12. The Labute approximate surface area is 59.8 Å². The van der Waals surface area contributed by atoms with Gasteiger partial charge >= 0.3 is 0 Å². The first kappa shape index (κ1) is 8.94. The van der Waals surface area contributed by atoms with Gasteiger partial charge in [-0.15, -0.1) is 0 Å². The molecule has 0 aliphatic rings. The van der Waals surface area contributed by atoms with E-state index in [1.165, 1.54) is 11.8 Å². The van der Waals surface area contributed by atoms with Crippen LogP contribution in [0.4, 0.5) is 0 Å². The van der Waals surface area contributed by atoms with E-state index in [0.29, 0.717) is 13.0 Å². The number of ether oxygens (including phenoxy) is 1. The first-order chi connectivity index (χ1) is 4.68. The number of hydrogen-bond acceptors (Lipinski definition) is 3. The molecule has 1 amide bonds. The molecule has 0 saturated carbocycles.